The second kappa shape index (κ2) is 11.3. The first-order chi connectivity index (χ1) is 18.0. The Hall–Kier alpha value is -3.38. The van der Waals surface area contributed by atoms with E-state index < -0.39 is 6.43 Å². The number of hydrogen-bond acceptors (Lipinski definition) is 8. The van der Waals surface area contributed by atoms with Crippen LogP contribution in [0.4, 0.5) is 14.7 Å². The number of carbonyl (C=O) groups excluding carboxylic acids is 1. The molecule has 2 aromatic heterocycles. The summed E-state index contributed by atoms with van der Waals surface area (Å²) in [5.41, 5.74) is 0.979. The highest BCUT2D eigenvalue weighted by atomic mass is 19.3. The van der Waals surface area contributed by atoms with E-state index in [2.05, 4.69) is 15.0 Å². The van der Waals surface area contributed by atoms with Gasteiger partial charge < -0.3 is 24.0 Å². The molecular formula is C25H30F2N6O4. The van der Waals surface area contributed by atoms with Gasteiger partial charge in [-0.3, -0.25) is 9.36 Å². The van der Waals surface area contributed by atoms with Gasteiger partial charge in [0, 0.05) is 45.3 Å². The number of halogens is 2. The summed E-state index contributed by atoms with van der Waals surface area (Å²) >= 11 is 0. The highest BCUT2D eigenvalue weighted by molar-refractivity contribution is 5.78. The van der Waals surface area contributed by atoms with Gasteiger partial charge in [0.05, 0.1) is 43.9 Å². The van der Waals surface area contributed by atoms with Gasteiger partial charge in [0.2, 0.25) is 17.7 Å². The summed E-state index contributed by atoms with van der Waals surface area (Å²) in [6, 6.07) is 8.53. The number of anilines is 1. The maximum Gasteiger partial charge on any atom is 0.296 e. The van der Waals surface area contributed by atoms with E-state index >= 15 is 0 Å². The third-order valence-corrected chi connectivity index (χ3v) is 6.61. The lowest BCUT2D eigenvalue weighted by Gasteiger charge is -2.27. The number of fused-ring (bicyclic) bond motifs is 1. The van der Waals surface area contributed by atoms with E-state index in [9.17, 15) is 13.6 Å². The number of carbonyl (C=O) groups is 1. The molecule has 2 saturated heterocycles. The molecule has 0 bridgehead atoms. The molecule has 0 unspecified atom stereocenters. The molecule has 4 heterocycles. The summed E-state index contributed by atoms with van der Waals surface area (Å²) in [7, 11) is 1.58. The third-order valence-electron chi connectivity index (χ3n) is 6.61. The molecule has 12 heteroatoms. The predicted molar refractivity (Wildman–Crippen MR) is 131 cm³/mol. The highest BCUT2D eigenvalue weighted by Crippen LogP contribution is 2.30. The number of ether oxygens (including phenoxy) is 3. The molecule has 0 saturated carbocycles. The number of alkyl halides is 2. The summed E-state index contributed by atoms with van der Waals surface area (Å²) in [5.74, 6) is 0.751. The zero-order chi connectivity index (χ0) is 25.8. The van der Waals surface area contributed by atoms with E-state index in [1.165, 1.54) is 4.57 Å². The van der Waals surface area contributed by atoms with Crippen LogP contribution in [0.15, 0.2) is 30.3 Å². The quantitative estimate of drug-likeness (QED) is 0.429. The highest BCUT2D eigenvalue weighted by Gasteiger charge is 2.27. The van der Waals surface area contributed by atoms with Gasteiger partial charge in [-0.1, -0.05) is 12.1 Å². The molecule has 1 aromatic carbocycles. The van der Waals surface area contributed by atoms with Crippen LogP contribution >= 0.6 is 0 Å². The minimum absolute atomic E-state index is 0.0646. The van der Waals surface area contributed by atoms with Crippen molar-refractivity contribution >= 4 is 22.9 Å². The average Bonchev–Trinajstić information content (AvgIpc) is 3.56. The Morgan fingerprint density at radius 3 is 2.76 bits per heavy atom. The maximum atomic E-state index is 14.0. The number of amides is 1. The van der Waals surface area contributed by atoms with Crippen molar-refractivity contribution in [3.63, 3.8) is 0 Å². The lowest BCUT2D eigenvalue weighted by Crippen LogP contribution is -2.37. The average molecular weight is 517 g/mol. The van der Waals surface area contributed by atoms with E-state index in [-0.39, 0.29) is 29.3 Å². The Kier molecular flexibility index (Phi) is 7.75. The van der Waals surface area contributed by atoms with Crippen LogP contribution in [0.25, 0.3) is 16.9 Å². The Morgan fingerprint density at radius 2 is 1.97 bits per heavy atom. The van der Waals surface area contributed by atoms with E-state index in [0.717, 1.165) is 6.42 Å². The molecule has 2 aliphatic rings. The first kappa shape index (κ1) is 25.3. The lowest BCUT2D eigenvalue weighted by atomic mass is 10.1. The first-order valence-corrected chi connectivity index (χ1v) is 12.4. The van der Waals surface area contributed by atoms with Gasteiger partial charge in [-0.25, -0.2) is 13.8 Å². The molecular weight excluding hydrogens is 486 g/mol. The predicted octanol–water partition coefficient (Wildman–Crippen LogP) is 2.85. The minimum Gasteiger partial charge on any atom is -0.477 e. The molecule has 10 nitrogen and oxygen atoms in total. The van der Waals surface area contributed by atoms with Crippen LogP contribution < -0.4 is 9.64 Å². The summed E-state index contributed by atoms with van der Waals surface area (Å²) < 4.78 is 45.9. The zero-order valence-corrected chi connectivity index (χ0v) is 20.7. The number of aromatic nitrogens is 4. The van der Waals surface area contributed by atoms with E-state index in [0.29, 0.717) is 76.0 Å². The lowest BCUT2D eigenvalue weighted by molar-refractivity contribution is -0.131. The number of likely N-dealkylation sites (tertiary alicyclic amines) is 1. The van der Waals surface area contributed by atoms with Crippen molar-refractivity contribution in [1.82, 2.24) is 24.4 Å². The number of para-hydroxylation sites is 2. The number of imidazole rings is 1. The monoisotopic (exact) mass is 516 g/mol. The summed E-state index contributed by atoms with van der Waals surface area (Å²) in [6.45, 7) is 4.21. The molecule has 2 fully saturated rings. The Bertz CT molecular complexity index is 1230. The molecule has 5 rings (SSSR count). The number of rotatable bonds is 9. The van der Waals surface area contributed by atoms with Gasteiger partial charge in [-0.05, 0) is 18.6 Å². The smallest absolute Gasteiger partial charge is 0.296 e. The minimum atomic E-state index is -2.79. The summed E-state index contributed by atoms with van der Waals surface area (Å²) in [4.78, 5) is 29.5. The molecule has 0 spiro atoms. The fourth-order valence-corrected chi connectivity index (χ4v) is 4.67. The maximum absolute atomic E-state index is 14.0. The van der Waals surface area contributed by atoms with Gasteiger partial charge in [0.25, 0.3) is 6.43 Å². The van der Waals surface area contributed by atoms with Gasteiger partial charge in [-0.2, -0.15) is 9.97 Å². The van der Waals surface area contributed by atoms with Crippen molar-refractivity contribution in [3.05, 3.63) is 36.2 Å². The van der Waals surface area contributed by atoms with Crippen molar-refractivity contribution in [2.75, 3.05) is 64.6 Å². The Labute approximate surface area is 213 Å². The van der Waals surface area contributed by atoms with Gasteiger partial charge in [0.15, 0.2) is 5.82 Å². The number of benzene rings is 1. The summed E-state index contributed by atoms with van der Waals surface area (Å²) in [6.07, 6.45) is -1.62. The van der Waals surface area contributed by atoms with Crippen molar-refractivity contribution in [1.29, 1.82) is 0 Å². The molecule has 3 aromatic rings. The molecule has 2 aliphatic heterocycles. The number of methoxy groups -OCH3 is 1. The Balaban J connectivity index is 1.42. The molecule has 198 valence electrons. The van der Waals surface area contributed by atoms with Gasteiger partial charge >= 0.3 is 0 Å². The van der Waals surface area contributed by atoms with Crippen molar-refractivity contribution in [3.8, 4) is 11.7 Å². The van der Waals surface area contributed by atoms with Crippen molar-refractivity contribution in [2.24, 2.45) is 5.92 Å². The SMILES string of the molecule is COCCC(=O)N1CC[C@H](COc2cc(-n3c(C(F)F)nc4ccccc43)nc(N3CCOCC3)n2)C1. The van der Waals surface area contributed by atoms with Crippen molar-refractivity contribution < 1.29 is 27.8 Å². The topological polar surface area (TPSA) is 94.8 Å². The van der Waals surface area contributed by atoms with E-state index in [4.69, 9.17) is 14.2 Å². The normalized spacial score (nSPS) is 18.2. The molecule has 37 heavy (non-hydrogen) atoms. The standard InChI is InChI=1S/C25H30F2N6O4/c1-35-11-7-22(34)32-8-6-17(15-32)16-37-21-14-20(29-25(30-21)31-9-12-36-13-10-31)33-19-5-3-2-4-18(19)28-24(33)23(26)27/h2-5,14,17,23H,6-13,15-16H2,1H3/t17-/m0/s1. The number of hydrogen-bond donors (Lipinski definition) is 0. The van der Waals surface area contributed by atoms with Crippen molar-refractivity contribution in [2.45, 2.75) is 19.3 Å². The fourth-order valence-electron chi connectivity index (χ4n) is 4.67. The van der Waals surface area contributed by atoms with Gasteiger partial charge in [-0.15, -0.1) is 0 Å². The van der Waals surface area contributed by atoms with Crippen LogP contribution in [0.2, 0.25) is 0 Å². The molecule has 0 aliphatic carbocycles. The largest absolute Gasteiger partial charge is 0.477 e. The molecule has 0 N–H and O–H groups in total. The fraction of sp³-hybridized carbons (Fsp3) is 0.520. The zero-order valence-electron chi connectivity index (χ0n) is 20.7. The number of nitrogens with zero attached hydrogens (tertiary/aromatic N) is 6. The second-order valence-electron chi connectivity index (χ2n) is 9.11. The van der Waals surface area contributed by atoms with Crippen LogP contribution in [0.5, 0.6) is 5.88 Å². The Morgan fingerprint density at radius 1 is 1.16 bits per heavy atom. The number of morpholine rings is 1. The summed E-state index contributed by atoms with van der Waals surface area (Å²) in [5, 5.41) is 0. The molecule has 0 radical (unpaired) electrons. The van der Waals surface area contributed by atoms with Crippen LogP contribution in [0, 0.1) is 5.92 Å². The second-order valence-corrected chi connectivity index (χ2v) is 9.11. The van der Waals surface area contributed by atoms with E-state index in [1.807, 2.05) is 9.80 Å². The van der Waals surface area contributed by atoms with Crippen LogP contribution in [-0.4, -0.2) is 90.0 Å². The third kappa shape index (κ3) is 5.64. The van der Waals surface area contributed by atoms with Crippen LogP contribution in [-0.2, 0) is 14.3 Å². The molecule has 1 amide bonds. The molecule has 1 atom stereocenters. The van der Waals surface area contributed by atoms with Gasteiger partial charge in [0.1, 0.15) is 5.82 Å². The van der Waals surface area contributed by atoms with Crippen LogP contribution in [0.1, 0.15) is 25.1 Å². The van der Waals surface area contributed by atoms with E-state index in [1.54, 1.807) is 37.4 Å². The van der Waals surface area contributed by atoms with Crippen LogP contribution in [0.3, 0.4) is 0 Å². The first-order valence-electron chi connectivity index (χ1n) is 12.4.